The lowest BCUT2D eigenvalue weighted by molar-refractivity contribution is -0.159. The number of nitrogens with one attached hydrogen (secondary N) is 2. The molecule has 3 aliphatic rings. The molecule has 248 valence electrons. The Balaban J connectivity index is 1.36. The van der Waals surface area contributed by atoms with Crippen molar-refractivity contribution in [3.8, 4) is 0 Å². The van der Waals surface area contributed by atoms with Crippen molar-refractivity contribution in [1.29, 1.82) is 0 Å². The molecule has 3 aromatic rings. The van der Waals surface area contributed by atoms with E-state index in [1.54, 1.807) is 23.8 Å². The molecule has 3 aromatic carbocycles. The molecule has 0 spiro atoms. The Kier molecular flexibility index (Phi) is 8.87. The van der Waals surface area contributed by atoms with E-state index in [-0.39, 0.29) is 48.7 Å². The number of carbonyl (C=O) groups is 4. The van der Waals surface area contributed by atoms with Gasteiger partial charge >= 0.3 is 0 Å². The van der Waals surface area contributed by atoms with Gasteiger partial charge in [-0.05, 0) is 65.6 Å². The number of rotatable bonds is 7. The second kappa shape index (κ2) is 12.8. The molecule has 6 atom stereocenters. The van der Waals surface area contributed by atoms with Gasteiger partial charge in [-0.2, -0.15) is 0 Å². The van der Waals surface area contributed by atoms with Crippen LogP contribution in [0.1, 0.15) is 63.6 Å². The molecule has 0 bridgehead atoms. The van der Waals surface area contributed by atoms with E-state index in [0.717, 1.165) is 29.2 Å². The fourth-order valence-corrected chi connectivity index (χ4v) is 7.65. The third-order valence-electron chi connectivity index (χ3n) is 10.4. The van der Waals surface area contributed by atoms with Crippen LogP contribution < -0.4 is 10.6 Å². The van der Waals surface area contributed by atoms with E-state index in [9.17, 15) is 19.2 Å². The standard InChI is InChI=1S/C38H47N5O4/c1-23-17-29(20-28-13-9-10-14-30(23)28)41-21-32-42(37(47)34(38(3,4)5)40-35(45)24(2)39-6)22-33(44)43(32)31(36(41)46)19-25-15-16-26-11-7-8-12-27(26)18-25/h7-16,18,23-24,29,31-32,34,39H,17,19-22H2,1-6H3,(H,40,45)/t23?,24-,29?,31-,32+,34+/m0/s1. The smallest absolute Gasteiger partial charge is 0.247 e. The molecule has 1 aliphatic carbocycles. The average Bonchev–Trinajstić information content (AvgIpc) is 3.38. The Morgan fingerprint density at radius 2 is 1.68 bits per heavy atom. The highest BCUT2D eigenvalue weighted by molar-refractivity contribution is 5.97. The Labute approximate surface area is 277 Å². The van der Waals surface area contributed by atoms with Gasteiger partial charge in [0, 0.05) is 12.5 Å². The molecule has 2 unspecified atom stereocenters. The van der Waals surface area contributed by atoms with Crippen LogP contribution in [0.2, 0.25) is 0 Å². The van der Waals surface area contributed by atoms with Gasteiger partial charge in [0.2, 0.25) is 23.6 Å². The van der Waals surface area contributed by atoms with Gasteiger partial charge in [-0.25, -0.2) is 0 Å². The molecule has 9 nitrogen and oxygen atoms in total. The Morgan fingerprint density at radius 3 is 2.40 bits per heavy atom. The van der Waals surface area contributed by atoms with E-state index in [2.05, 4.69) is 60.0 Å². The Morgan fingerprint density at radius 1 is 0.979 bits per heavy atom. The molecule has 47 heavy (non-hydrogen) atoms. The van der Waals surface area contributed by atoms with Gasteiger partial charge in [0.15, 0.2) is 0 Å². The van der Waals surface area contributed by atoms with E-state index < -0.39 is 29.7 Å². The number of piperazine rings is 1. The highest BCUT2D eigenvalue weighted by Crippen LogP contribution is 2.37. The van der Waals surface area contributed by atoms with Crippen LogP contribution in [0.5, 0.6) is 0 Å². The highest BCUT2D eigenvalue weighted by atomic mass is 16.2. The molecule has 2 saturated heterocycles. The molecule has 2 fully saturated rings. The number of carbonyl (C=O) groups excluding carboxylic acids is 4. The maximum atomic E-state index is 14.6. The fourth-order valence-electron chi connectivity index (χ4n) is 7.65. The summed E-state index contributed by atoms with van der Waals surface area (Å²) in [6.45, 7) is 9.79. The summed E-state index contributed by atoms with van der Waals surface area (Å²) in [7, 11) is 1.70. The monoisotopic (exact) mass is 637 g/mol. The predicted molar refractivity (Wildman–Crippen MR) is 182 cm³/mol. The molecule has 2 heterocycles. The zero-order chi connectivity index (χ0) is 33.6. The third-order valence-corrected chi connectivity index (χ3v) is 10.4. The van der Waals surface area contributed by atoms with Crippen LogP contribution in [0.4, 0.5) is 0 Å². The van der Waals surface area contributed by atoms with Gasteiger partial charge in [0.1, 0.15) is 24.8 Å². The van der Waals surface area contributed by atoms with Crippen LogP contribution in [0.25, 0.3) is 10.8 Å². The zero-order valence-corrected chi connectivity index (χ0v) is 28.3. The van der Waals surface area contributed by atoms with Crippen LogP contribution in [0, 0.1) is 5.41 Å². The lowest BCUT2D eigenvalue weighted by atomic mass is 9.80. The SMILES string of the molecule is CN[C@@H](C)C(=O)N[C@H](C(=O)N1CC(=O)N2[C@@H]1CN(C1Cc3ccccc3C(C)C1)C(=O)[C@@H]2Cc1ccc2ccccc2c1)C(C)(C)C. The lowest BCUT2D eigenvalue weighted by Crippen LogP contribution is -2.68. The van der Waals surface area contributed by atoms with Crippen LogP contribution in [0.3, 0.4) is 0 Å². The summed E-state index contributed by atoms with van der Waals surface area (Å²) in [5.74, 6) is -0.639. The molecule has 0 radical (unpaired) electrons. The second-order valence-electron chi connectivity index (χ2n) is 14.7. The first-order valence-corrected chi connectivity index (χ1v) is 16.8. The number of amides is 4. The number of hydrogen-bond acceptors (Lipinski definition) is 5. The van der Waals surface area contributed by atoms with Crippen LogP contribution >= 0.6 is 0 Å². The van der Waals surface area contributed by atoms with E-state index in [1.165, 1.54) is 11.1 Å². The molecule has 9 heteroatoms. The number of likely N-dealkylation sites (N-methyl/N-ethyl adjacent to an activating group) is 1. The molecular weight excluding hydrogens is 590 g/mol. The lowest BCUT2D eigenvalue weighted by Gasteiger charge is -2.49. The second-order valence-corrected chi connectivity index (χ2v) is 14.7. The molecule has 0 saturated carbocycles. The van der Waals surface area contributed by atoms with Crippen molar-refractivity contribution >= 4 is 34.4 Å². The fraction of sp³-hybridized carbons (Fsp3) is 0.474. The van der Waals surface area contributed by atoms with Gasteiger partial charge in [0.05, 0.1) is 12.6 Å². The maximum absolute atomic E-state index is 14.6. The summed E-state index contributed by atoms with van der Waals surface area (Å²) in [5, 5.41) is 8.08. The summed E-state index contributed by atoms with van der Waals surface area (Å²) in [5.41, 5.74) is 2.90. The summed E-state index contributed by atoms with van der Waals surface area (Å²) < 4.78 is 0. The van der Waals surface area contributed by atoms with Crippen molar-refractivity contribution < 1.29 is 19.2 Å². The normalized spacial score (nSPS) is 24.2. The van der Waals surface area contributed by atoms with Crippen LogP contribution in [-0.2, 0) is 32.0 Å². The van der Waals surface area contributed by atoms with E-state index in [1.807, 2.05) is 49.9 Å². The predicted octanol–water partition coefficient (Wildman–Crippen LogP) is 3.85. The number of fused-ring (bicyclic) bond motifs is 3. The van der Waals surface area contributed by atoms with Gasteiger partial charge < -0.3 is 25.3 Å². The minimum Gasteiger partial charge on any atom is -0.342 e. The van der Waals surface area contributed by atoms with Crippen molar-refractivity contribution in [2.45, 2.75) is 90.1 Å². The van der Waals surface area contributed by atoms with E-state index in [0.29, 0.717) is 6.42 Å². The molecule has 6 rings (SSSR count). The first-order chi connectivity index (χ1) is 22.4. The van der Waals surface area contributed by atoms with E-state index in [4.69, 9.17) is 0 Å². The van der Waals surface area contributed by atoms with Gasteiger partial charge in [0.25, 0.3) is 0 Å². The molecule has 2 aliphatic heterocycles. The molecule has 4 amide bonds. The van der Waals surface area contributed by atoms with Crippen molar-refractivity contribution in [3.63, 3.8) is 0 Å². The molecule has 0 aromatic heterocycles. The Hall–Kier alpha value is -4.24. The largest absolute Gasteiger partial charge is 0.342 e. The average molecular weight is 638 g/mol. The number of nitrogens with zero attached hydrogens (tertiary/aromatic N) is 3. The summed E-state index contributed by atoms with van der Waals surface area (Å²) in [6.07, 6.45) is 1.26. The minimum absolute atomic E-state index is 0.0594. The highest BCUT2D eigenvalue weighted by Gasteiger charge is 2.54. The van der Waals surface area contributed by atoms with E-state index >= 15 is 0 Å². The van der Waals surface area contributed by atoms with Gasteiger partial charge in [-0.15, -0.1) is 0 Å². The maximum Gasteiger partial charge on any atom is 0.247 e. The Bertz CT molecular complexity index is 1700. The number of benzene rings is 3. The van der Waals surface area contributed by atoms with Gasteiger partial charge in [-0.3, -0.25) is 19.2 Å². The molecular formula is C38H47N5O4. The molecule has 2 N–H and O–H groups in total. The van der Waals surface area contributed by atoms with Gasteiger partial charge in [-0.1, -0.05) is 94.4 Å². The summed E-state index contributed by atoms with van der Waals surface area (Å²) >= 11 is 0. The van der Waals surface area contributed by atoms with Crippen LogP contribution in [0.15, 0.2) is 66.7 Å². The van der Waals surface area contributed by atoms with Crippen molar-refractivity contribution in [3.05, 3.63) is 83.4 Å². The van der Waals surface area contributed by atoms with Crippen molar-refractivity contribution in [2.24, 2.45) is 5.41 Å². The third kappa shape index (κ3) is 6.25. The quantitative estimate of drug-likeness (QED) is 0.410. The first-order valence-electron chi connectivity index (χ1n) is 16.8. The van der Waals surface area contributed by atoms with Crippen molar-refractivity contribution in [2.75, 3.05) is 20.1 Å². The minimum atomic E-state index is -0.856. The number of hydrogen-bond donors (Lipinski definition) is 2. The first kappa shape index (κ1) is 32.7. The van der Waals surface area contributed by atoms with Crippen molar-refractivity contribution in [1.82, 2.24) is 25.3 Å². The van der Waals surface area contributed by atoms with Crippen LogP contribution in [-0.4, -0.2) is 88.8 Å². The zero-order valence-electron chi connectivity index (χ0n) is 28.3. The summed E-state index contributed by atoms with van der Waals surface area (Å²) in [4.78, 5) is 61.1. The summed E-state index contributed by atoms with van der Waals surface area (Å²) in [6, 6.07) is 20.5. The topological polar surface area (TPSA) is 102 Å².